The summed E-state index contributed by atoms with van der Waals surface area (Å²) >= 11 is 11.0. The molecule has 0 amide bonds. The van der Waals surface area contributed by atoms with Crippen LogP contribution < -0.4 is 10.6 Å². The van der Waals surface area contributed by atoms with Crippen LogP contribution in [0.5, 0.6) is 0 Å². The van der Waals surface area contributed by atoms with Crippen LogP contribution in [0.1, 0.15) is 6.42 Å². The van der Waals surface area contributed by atoms with Crippen molar-refractivity contribution in [3.8, 4) is 0 Å². The SMILES string of the molecule is O=S1(=O)CCC(CNC(=S)NC2CS(=O)(=O)CC2Cl)C1. The molecule has 0 saturated carbocycles. The molecule has 3 unspecified atom stereocenters. The second-order valence-electron chi connectivity index (χ2n) is 5.32. The Morgan fingerprint density at radius 1 is 1.15 bits per heavy atom. The van der Waals surface area contributed by atoms with E-state index < -0.39 is 31.1 Å². The zero-order valence-electron chi connectivity index (χ0n) is 10.7. The lowest BCUT2D eigenvalue weighted by Gasteiger charge is -2.18. The standard InChI is InChI=1S/C10H17ClN2O4S3/c11-8-5-20(16,17)6-9(8)13-10(18)12-3-7-1-2-19(14,15)4-7/h7-9H,1-6H2,(H2,12,13,18). The summed E-state index contributed by atoms with van der Waals surface area (Å²) in [5.41, 5.74) is 0. The Hall–Kier alpha value is -0.120. The van der Waals surface area contributed by atoms with Crippen molar-refractivity contribution in [1.29, 1.82) is 0 Å². The molecule has 3 atom stereocenters. The fourth-order valence-electron chi connectivity index (χ4n) is 2.43. The van der Waals surface area contributed by atoms with Crippen molar-refractivity contribution in [1.82, 2.24) is 10.6 Å². The third-order valence-electron chi connectivity index (χ3n) is 3.48. The van der Waals surface area contributed by atoms with Gasteiger partial charge in [-0.2, -0.15) is 0 Å². The molecule has 0 aliphatic carbocycles. The minimum atomic E-state index is -3.10. The average Bonchev–Trinajstić information content (AvgIpc) is 2.76. The molecule has 0 bridgehead atoms. The third-order valence-corrected chi connectivity index (χ3v) is 7.95. The summed E-state index contributed by atoms with van der Waals surface area (Å²) in [7, 11) is -5.99. The molecule has 0 spiro atoms. The highest BCUT2D eigenvalue weighted by molar-refractivity contribution is 7.92. The third kappa shape index (κ3) is 4.44. The summed E-state index contributed by atoms with van der Waals surface area (Å²) in [5, 5.41) is 5.66. The Morgan fingerprint density at radius 2 is 1.85 bits per heavy atom. The minimum absolute atomic E-state index is 0.0270. The van der Waals surface area contributed by atoms with Crippen LogP contribution in [0.15, 0.2) is 0 Å². The Labute approximate surface area is 129 Å². The van der Waals surface area contributed by atoms with Crippen LogP contribution >= 0.6 is 23.8 Å². The molecule has 2 saturated heterocycles. The Kier molecular flexibility index (Phi) is 4.83. The van der Waals surface area contributed by atoms with Gasteiger partial charge >= 0.3 is 0 Å². The maximum atomic E-state index is 11.4. The molecular formula is C10H17ClN2O4S3. The van der Waals surface area contributed by atoms with Gasteiger partial charge in [0.1, 0.15) is 0 Å². The van der Waals surface area contributed by atoms with E-state index in [1.54, 1.807) is 0 Å². The first-order valence-corrected chi connectivity index (χ1v) is 10.7. The zero-order valence-corrected chi connectivity index (χ0v) is 13.9. The zero-order chi connectivity index (χ0) is 15.0. The van der Waals surface area contributed by atoms with E-state index >= 15 is 0 Å². The first-order chi connectivity index (χ1) is 9.17. The van der Waals surface area contributed by atoms with Crippen molar-refractivity contribution in [2.75, 3.05) is 29.6 Å². The van der Waals surface area contributed by atoms with E-state index in [0.717, 1.165) is 0 Å². The van der Waals surface area contributed by atoms with Crippen molar-refractivity contribution < 1.29 is 16.8 Å². The van der Waals surface area contributed by atoms with Gasteiger partial charge < -0.3 is 10.6 Å². The minimum Gasteiger partial charge on any atom is -0.362 e. The van der Waals surface area contributed by atoms with Gasteiger partial charge in [0.2, 0.25) is 0 Å². The average molecular weight is 361 g/mol. The molecule has 20 heavy (non-hydrogen) atoms. The Bertz CT molecular complexity index is 590. The predicted molar refractivity (Wildman–Crippen MR) is 82.6 cm³/mol. The number of thiocarbonyl (C=S) groups is 1. The number of nitrogens with one attached hydrogen (secondary N) is 2. The van der Waals surface area contributed by atoms with Crippen molar-refractivity contribution >= 4 is 48.6 Å². The summed E-state index contributed by atoms with van der Waals surface area (Å²) in [6.45, 7) is 0.470. The molecule has 2 rings (SSSR count). The molecule has 0 aromatic rings. The lowest BCUT2D eigenvalue weighted by atomic mass is 10.1. The molecule has 0 aromatic heterocycles. The lowest BCUT2D eigenvalue weighted by Crippen LogP contribution is -2.47. The van der Waals surface area contributed by atoms with Gasteiger partial charge in [-0.15, -0.1) is 11.6 Å². The van der Waals surface area contributed by atoms with Gasteiger partial charge in [0, 0.05) is 6.54 Å². The van der Waals surface area contributed by atoms with Crippen LogP contribution in [0, 0.1) is 5.92 Å². The number of halogens is 1. The maximum absolute atomic E-state index is 11.4. The van der Waals surface area contributed by atoms with Crippen LogP contribution in [-0.4, -0.2) is 62.9 Å². The summed E-state index contributed by atoms with van der Waals surface area (Å²) in [6.07, 6.45) is 0.633. The van der Waals surface area contributed by atoms with Crippen molar-refractivity contribution in [2.45, 2.75) is 17.8 Å². The quantitative estimate of drug-likeness (QED) is 0.507. The number of alkyl halides is 1. The van der Waals surface area contributed by atoms with Gasteiger partial charge in [0.25, 0.3) is 0 Å². The summed E-state index contributed by atoms with van der Waals surface area (Å²) in [6, 6.07) is -0.394. The van der Waals surface area contributed by atoms with E-state index in [1.165, 1.54) is 0 Å². The van der Waals surface area contributed by atoms with Crippen LogP contribution in [0.4, 0.5) is 0 Å². The summed E-state index contributed by atoms with van der Waals surface area (Å²) in [4.78, 5) is 0. The van der Waals surface area contributed by atoms with Crippen molar-refractivity contribution in [3.05, 3.63) is 0 Å². The largest absolute Gasteiger partial charge is 0.362 e. The topological polar surface area (TPSA) is 92.3 Å². The van der Waals surface area contributed by atoms with E-state index in [2.05, 4.69) is 10.6 Å². The number of hydrogen-bond donors (Lipinski definition) is 2. The highest BCUT2D eigenvalue weighted by atomic mass is 35.5. The fraction of sp³-hybridized carbons (Fsp3) is 0.900. The van der Waals surface area contributed by atoms with Crippen molar-refractivity contribution in [2.24, 2.45) is 5.92 Å². The molecule has 2 aliphatic rings. The van der Waals surface area contributed by atoms with E-state index in [9.17, 15) is 16.8 Å². The molecule has 0 aromatic carbocycles. The highest BCUT2D eigenvalue weighted by Gasteiger charge is 2.36. The molecule has 0 radical (unpaired) electrons. The molecule has 6 nitrogen and oxygen atoms in total. The first-order valence-electron chi connectivity index (χ1n) is 6.26. The first kappa shape index (κ1) is 16.3. The van der Waals surface area contributed by atoms with Crippen LogP contribution in [0.2, 0.25) is 0 Å². The maximum Gasteiger partial charge on any atom is 0.166 e. The second kappa shape index (κ2) is 5.94. The molecule has 2 heterocycles. The monoisotopic (exact) mass is 360 g/mol. The van der Waals surface area contributed by atoms with Crippen LogP contribution in [0.3, 0.4) is 0 Å². The molecule has 2 fully saturated rings. The Morgan fingerprint density at radius 3 is 2.35 bits per heavy atom. The smallest absolute Gasteiger partial charge is 0.166 e. The van der Waals surface area contributed by atoms with Gasteiger partial charge in [-0.1, -0.05) is 0 Å². The molecule has 2 aliphatic heterocycles. The van der Waals surface area contributed by atoms with E-state index in [-0.39, 0.29) is 28.9 Å². The molecule has 116 valence electrons. The number of rotatable bonds is 3. The van der Waals surface area contributed by atoms with Gasteiger partial charge in [0.05, 0.1) is 34.4 Å². The summed E-state index contributed by atoms with van der Waals surface area (Å²) < 4.78 is 45.5. The molecular weight excluding hydrogens is 344 g/mol. The van der Waals surface area contributed by atoms with E-state index in [4.69, 9.17) is 23.8 Å². The predicted octanol–water partition coefficient (Wildman–Crippen LogP) is -0.710. The Balaban J connectivity index is 1.77. The second-order valence-corrected chi connectivity index (χ2v) is 10.7. The highest BCUT2D eigenvalue weighted by Crippen LogP contribution is 2.19. The van der Waals surface area contributed by atoms with E-state index in [1.807, 2.05) is 0 Å². The van der Waals surface area contributed by atoms with Gasteiger partial charge in [-0.25, -0.2) is 16.8 Å². The van der Waals surface area contributed by atoms with Crippen molar-refractivity contribution in [3.63, 3.8) is 0 Å². The normalized spacial score (nSPS) is 34.8. The fourth-order valence-corrected chi connectivity index (χ4v) is 7.07. The van der Waals surface area contributed by atoms with Gasteiger partial charge in [-0.3, -0.25) is 0 Å². The number of hydrogen-bond acceptors (Lipinski definition) is 5. The van der Waals surface area contributed by atoms with Gasteiger partial charge in [-0.05, 0) is 24.6 Å². The molecule has 10 heteroatoms. The lowest BCUT2D eigenvalue weighted by molar-refractivity contribution is 0.564. The van der Waals surface area contributed by atoms with Crippen LogP contribution in [0.25, 0.3) is 0 Å². The van der Waals surface area contributed by atoms with E-state index in [0.29, 0.717) is 18.1 Å². The van der Waals surface area contributed by atoms with Crippen LogP contribution in [-0.2, 0) is 19.7 Å². The number of sulfone groups is 2. The molecule has 2 N–H and O–H groups in total. The van der Waals surface area contributed by atoms with Gasteiger partial charge in [0.15, 0.2) is 24.8 Å². The summed E-state index contributed by atoms with van der Waals surface area (Å²) in [5.74, 6) is 0.387.